The van der Waals surface area contributed by atoms with Crippen molar-refractivity contribution in [3.8, 4) is 0 Å². The third kappa shape index (κ3) is 6.79. The van der Waals surface area contributed by atoms with Gasteiger partial charge in [-0.25, -0.2) is 15.3 Å². The molecule has 2 aliphatic rings. The number of nitrogens with one attached hydrogen (secondary N) is 2. The van der Waals surface area contributed by atoms with Gasteiger partial charge in [-0.2, -0.15) is 0 Å². The Kier molecular flexibility index (Phi) is 8.51. The molecule has 4 rings (SSSR count). The molecule has 1 atom stereocenters. The Bertz CT molecular complexity index is 1000. The van der Waals surface area contributed by atoms with Gasteiger partial charge in [0.05, 0.1) is 5.02 Å². The quantitative estimate of drug-likeness (QED) is 0.455. The number of hydrogen-bond acceptors (Lipinski definition) is 6. The molecule has 180 valence electrons. The molecule has 9 heteroatoms. The molecule has 3 heterocycles. The zero-order chi connectivity index (χ0) is 23.8. The molecule has 34 heavy (non-hydrogen) atoms. The van der Waals surface area contributed by atoms with Gasteiger partial charge < -0.3 is 15.0 Å². The lowest BCUT2D eigenvalue weighted by atomic mass is 10.0. The van der Waals surface area contributed by atoms with Crippen LogP contribution in [0.25, 0.3) is 6.08 Å². The number of aromatic nitrogens is 1. The van der Waals surface area contributed by atoms with Gasteiger partial charge in [0, 0.05) is 50.0 Å². The molecule has 0 aliphatic carbocycles. The van der Waals surface area contributed by atoms with Crippen LogP contribution in [0.2, 0.25) is 5.02 Å². The number of hydrogen-bond donors (Lipinski definition) is 2. The Morgan fingerprint density at radius 2 is 1.94 bits per heavy atom. The first-order chi connectivity index (χ1) is 16.6. The lowest BCUT2D eigenvalue weighted by Gasteiger charge is -2.32. The van der Waals surface area contributed by atoms with Gasteiger partial charge in [0.2, 0.25) is 0 Å². The number of carbonyl (C=O) groups is 2. The van der Waals surface area contributed by atoms with Crippen LogP contribution in [0.4, 0.5) is 5.82 Å². The Hall–Kier alpha value is -2.94. The van der Waals surface area contributed by atoms with E-state index in [1.165, 1.54) is 6.08 Å². The van der Waals surface area contributed by atoms with E-state index in [0.717, 1.165) is 32.1 Å². The molecule has 2 aromatic rings. The molecule has 2 aliphatic heterocycles. The van der Waals surface area contributed by atoms with Crippen LogP contribution < -0.4 is 10.8 Å². The fourth-order valence-electron chi connectivity index (χ4n) is 3.97. The number of benzene rings is 1. The molecule has 0 saturated carbocycles. The summed E-state index contributed by atoms with van der Waals surface area (Å²) in [5.41, 5.74) is 3.79. The van der Waals surface area contributed by atoms with Crippen LogP contribution in [0.3, 0.4) is 0 Å². The number of halogens is 1. The summed E-state index contributed by atoms with van der Waals surface area (Å²) in [7, 11) is 0. The summed E-state index contributed by atoms with van der Waals surface area (Å²) in [5, 5.41) is 3.85. The van der Waals surface area contributed by atoms with Crippen LogP contribution in [0.15, 0.2) is 48.7 Å². The summed E-state index contributed by atoms with van der Waals surface area (Å²) in [6, 6.07) is 11.3. The number of ether oxygens (including phenoxy) is 1. The van der Waals surface area contributed by atoms with E-state index in [9.17, 15) is 9.59 Å². The predicted molar refractivity (Wildman–Crippen MR) is 130 cm³/mol. The molecular weight excluding hydrogens is 456 g/mol. The van der Waals surface area contributed by atoms with Gasteiger partial charge in [-0.3, -0.25) is 9.59 Å². The van der Waals surface area contributed by atoms with E-state index in [-0.39, 0.29) is 17.9 Å². The van der Waals surface area contributed by atoms with E-state index in [0.29, 0.717) is 41.7 Å². The number of piperidine rings is 1. The second-order valence-corrected chi connectivity index (χ2v) is 8.80. The topological polar surface area (TPSA) is 92.8 Å². The van der Waals surface area contributed by atoms with Crippen molar-refractivity contribution in [2.75, 3.05) is 25.0 Å². The molecule has 1 aromatic carbocycles. The summed E-state index contributed by atoms with van der Waals surface area (Å²) in [4.78, 5) is 36.1. The van der Waals surface area contributed by atoms with Crippen LogP contribution in [0, 0.1) is 0 Å². The third-order valence-corrected chi connectivity index (χ3v) is 6.15. The summed E-state index contributed by atoms with van der Waals surface area (Å²) in [6.45, 7) is 1.99. The van der Waals surface area contributed by atoms with Gasteiger partial charge >= 0.3 is 0 Å². The van der Waals surface area contributed by atoms with Crippen molar-refractivity contribution in [2.45, 2.75) is 44.4 Å². The molecular formula is C25H29ClN4O4. The van der Waals surface area contributed by atoms with E-state index >= 15 is 0 Å². The molecule has 2 N–H and O–H groups in total. The van der Waals surface area contributed by atoms with E-state index in [4.69, 9.17) is 21.2 Å². The Morgan fingerprint density at radius 1 is 1.15 bits per heavy atom. The largest absolute Gasteiger partial charge is 0.366 e. The summed E-state index contributed by atoms with van der Waals surface area (Å²) in [5.74, 6) is 0.269. The SMILES string of the molecule is O=C(/C=C/c1cnc(NC2CCN(C(=O)c3ccccc3)CC2)c(Cl)c1)NOC1CCCCO1. The maximum atomic E-state index is 12.6. The standard InChI is InChI=1S/C25H29ClN4O4/c26-21-16-18(9-10-22(31)29-34-23-8-4-5-15-33-23)17-27-24(21)28-20-11-13-30(14-12-20)25(32)19-6-2-1-3-7-19/h1-3,6-7,9-10,16-17,20,23H,4-5,8,11-15H2,(H,27,28)(H,29,31)/b10-9+. The monoisotopic (exact) mass is 484 g/mol. The Balaban J connectivity index is 1.23. The average molecular weight is 485 g/mol. The van der Waals surface area contributed by atoms with E-state index < -0.39 is 6.29 Å². The van der Waals surface area contributed by atoms with Crippen LogP contribution >= 0.6 is 11.6 Å². The molecule has 8 nitrogen and oxygen atoms in total. The number of hydroxylamine groups is 1. The molecule has 2 amide bonds. The normalized spacial score (nSPS) is 19.2. The van der Waals surface area contributed by atoms with Crippen molar-refractivity contribution in [2.24, 2.45) is 0 Å². The zero-order valence-electron chi connectivity index (χ0n) is 18.9. The van der Waals surface area contributed by atoms with Crippen molar-refractivity contribution in [3.05, 3.63) is 64.8 Å². The van der Waals surface area contributed by atoms with E-state index in [1.54, 1.807) is 18.3 Å². The summed E-state index contributed by atoms with van der Waals surface area (Å²) >= 11 is 6.42. The molecule has 1 unspecified atom stereocenters. The van der Waals surface area contributed by atoms with Gasteiger partial charge in [0.15, 0.2) is 6.29 Å². The molecule has 0 radical (unpaired) electrons. The Morgan fingerprint density at radius 3 is 2.65 bits per heavy atom. The predicted octanol–water partition coefficient (Wildman–Crippen LogP) is 4.04. The number of rotatable bonds is 7. The van der Waals surface area contributed by atoms with Crippen LogP contribution in [0.1, 0.15) is 48.0 Å². The number of anilines is 1. The van der Waals surface area contributed by atoms with Crippen molar-refractivity contribution < 1.29 is 19.2 Å². The van der Waals surface area contributed by atoms with E-state index in [2.05, 4.69) is 15.8 Å². The number of nitrogens with zero attached hydrogens (tertiary/aromatic N) is 2. The number of pyridine rings is 1. The minimum atomic E-state index is -0.393. The van der Waals surface area contributed by atoms with Crippen molar-refractivity contribution >= 4 is 35.3 Å². The maximum absolute atomic E-state index is 12.6. The Labute approximate surface area is 204 Å². The summed E-state index contributed by atoms with van der Waals surface area (Å²) < 4.78 is 5.41. The molecule has 0 bridgehead atoms. The van der Waals surface area contributed by atoms with Gasteiger partial charge in [-0.1, -0.05) is 29.8 Å². The van der Waals surface area contributed by atoms with Crippen LogP contribution in [-0.4, -0.2) is 53.7 Å². The number of likely N-dealkylation sites (tertiary alicyclic amines) is 1. The maximum Gasteiger partial charge on any atom is 0.267 e. The molecule has 0 spiro atoms. The van der Waals surface area contributed by atoms with Crippen molar-refractivity contribution in [1.82, 2.24) is 15.4 Å². The van der Waals surface area contributed by atoms with Gasteiger partial charge in [-0.05, 0) is 55.5 Å². The number of amides is 2. The third-order valence-electron chi connectivity index (χ3n) is 5.86. The minimum Gasteiger partial charge on any atom is -0.366 e. The second kappa shape index (κ2) is 12.0. The number of carbonyl (C=O) groups excluding carboxylic acids is 2. The zero-order valence-corrected chi connectivity index (χ0v) is 19.7. The first kappa shape index (κ1) is 24.2. The first-order valence-electron chi connectivity index (χ1n) is 11.6. The van der Waals surface area contributed by atoms with Crippen LogP contribution in [-0.2, 0) is 14.4 Å². The van der Waals surface area contributed by atoms with Gasteiger partial charge in [0.25, 0.3) is 11.8 Å². The van der Waals surface area contributed by atoms with Crippen molar-refractivity contribution in [3.63, 3.8) is 0 Å². The fourth-order valence-corrected chi connectivity index (χ4v) is 4.20. The van der Waals surface area contributed by atoms with Crippen LogP contribution in [0.5, 0.6) is 0 Å². The fraction of sp³-hybridized carbons (Fsp3) is 0.400. The first-order valence-corrected chi connectivity index (χ1v) is 12.0. The van der Waals surface area contributed by atoms with E-state index in [1.807, 2.05) is 35.2 Å². The highest BCUT2D eigenvalue weighted by atomic mass is 35.5. The minimum absolute atomic E-state index is 0.0621. The van der Waals surface area contributed by atoms with Gasteiger partial charge in [0.1, 0.15) is 5.82 Å². The molecule has 2 saturated heterocycles. The summed E-state index contributed by atoms with van der Waals surface area (Å²) in [6.07, 6.45) is 8.66. The lowest BCUT2D eigenvalue weighted by Crippen LogP contribution is -2.42. The average Bonchev–Trinajstić information content (AvgIpc) is 2.89. The van der Waals surface area contributed by atoms with Crippen molar-refractivity contribution in [1.29, 1.82) is 0 Å². The second-order valence-electron chi connectivity index (χ2n) is 8.39. The highest BCUT2D eigenvalue weighted by Gasteiger charge is 2.24. The highest BCUT2D eigenvalue weighted by molar-refractivity contribution is 6.33. The molecule has 2 fully saturated rings. The van der Waals surface area contributed by atoms with Gasteiger partial charge in [-0.15, -0.1) is 0 Å². The highest BCUT2D eigenvalue weighted by Crippen LogP contribution is 2.24. The molecule has 1 aromatic heterocycles. The smallest absolute Gasteiger partial charge is 0.267 e. The lowest BCUT2D eigenvalue weighted by molar-refractivity contribution is -0.198.